The summed E-state index contributed by atoms with van der Waals surface area (Å²) < 4.78 is 10.5. The van der Waals surface area contributed by atoms with Crippen molar-refractivity contribution in [3.63, 3.8) is 0 Å². The van der Waals surface area contributed by atoms with Gasteiger partial charge in [0.1, 0.15) is 6.54 Å². The highest BCUT2D eigenvalue weighted by Crippen LogP contribution is 2.19. The molecule has 0 bridgehead atoms. The van der Waals surface area contributed by atoms with Crippen molar-refractivity contribution in [2.75, 3.05) is 26.3 Å². The Morgan fingerprint density at radius 3 is 2.63 bits per heavy atom. The van der Waals surface area contributed by atoms with E-state index in [2.05, 4.69) is 15.1 Å². The number of nitrogens with zero attached hydrogens (tertiary/aromatic N) is 4. The van der Waals surface area contributed by atoms with Crippen LogP contribution in [0.15, 0.2) is 9.52 Å². The molecular weight excluding hydrogens is 246 g/mol. The monoisotopic (exact) mass is 267 g/mol. The van der Waals surface area contributed by atoms with Crippen molar-refractivity contribution in [3.8, 4) is 0 Å². The van der Waals surface area contributed by atoms with Crippen LogP contribution in [0.2, 0.25) is 0 Å². The smallest absolute Gasteiger partial charge is 0.232 e. The molecule has 0 radical (unpaired) electrons. The van der Waals surface area contributed by atoms with Gasteiger partial charge in [-0.05, 0) is 0 Å². The molecule has 2 N–H and O–H groups in total. The molecule has 19 heavy (non-hydrogen) atoms. The van der Waals surface area contributed by atoms with Crippen LogP contribution in [-0.2, 0) is 16.7 Å². The summed E-state index contributed by atoms with van der Waals surface area (Å²) in [6.07, 6.45) is 0. The zero-order valence-electron chi connectivity index (χ0n) is 11.7. The van der Waals surface area contributed by atoms with E-state index < -0.39 is 0 Å². The van der Waals surface area contributed by atoms with Crippen LogP contribution in [0.5, 0.6) is 0 Å². The second kappa shape index (κ2) is 5.56. The third-order valence-electron chi connectivity index (χ3n) is 2.83. The maximum Gasteiger partial charge on any atom is 0.232 e. The Kier molecular flexibility index (Phi) is 4.04. The Bertz CT molecular complexity index is 443. The number of ether oxygens (including phenoxy) is 1. The van der Waals surface area contributed by atoms with Gasteiger partial charge in [0.05, 0.1) is 13.2 Å². The molecule has 0 atom stereocenters. The van der Waals surface area contributed by atoms with Gasteiger partial charge in [-0.15, -0.1) is 0 Å². The molecule has 1 aliphatic rings. The van der Waals surface area contributed by atoms with Gasteiger partial charge >= 0.3 is 0 Å². The number of aliphatic imine (C=N–C) groups is 1. The Balaban J connectivity index is 1.95. The quantitative estimate of drug-likeness (QED) is 0.620. The maximum atomic E-state index is 5.92. The third kappa shape index (κ3) is 3.66. The summed E-state index contributed by atoms with van der Waals surface area (Å²) in [6.45, 7) is 9.33. The lowest BCUT2D eigenvalue weighted by Crippen LogP contribution is -2.44. The Labute approximate surface area is 112 Å². The number of nitrogens with two attached hydrogens (primary N) is 1. The minimum Gasteiger partial charge on any atom is -0.378 e. The highest BCUT2D eigenvalue weighted by molar-refractivity contribution is 5.78. The summed E-state index contributed by atoms with van der Waals surface area (Å²) in [4.78, 5) is 10.6. The number of hydrogen-bond donors (Lipinski definition) is 1. The molecule has 1 aromatic heterocycles. The fourth-order valence-corrected chi connectivity index (χ4v) is 1.67. The summed E-state index contributed by atoms with van der Waals surface area (Å²) in [5.74, 6) is 1.68. The molecule has 1 fully saturated rings. The largest absolute Gasteiger partial charge is 0.378 e. The highest BCUT2D eigenvalue weighted by atomic mass is 16.5. The summed E-state index contributed by atoms with van der Waals surface area (Å²) in [7, 11) is 0. The maximum absolute atomic E-state index is 5.92. The molecule has 106 valence electrons. The lowest BCUT2D eigenvalue weighted by Gasteiger charge is -2.27. The zero-order valence-corrected chi connectivity index (χ0v) is 11.7. The van der Waals surface area contributed by atoms with E-state index in [0.717, 1.165) is 13.1 Å². The fraction of sp³-hybridized carbons (Fsp3) is 0.750. The van der Waals surface area contributed by atoms with Gasteiger partial charge in [-0.25, -0.2) is 4.99 Å². The van der Waals surface area contributed by atoms with Crippen LogP contribution < -0.4 is 5.73 Å². The van der Waals surface area contributed by atoms with E-state index >= 15 is 0 Å². The van der Waals surface area contributed by atoms with Crippen LogP contribution in [-0.4, -0.2) is 47.3 Å². The van der Waals surface area contributed by atoms with E-state index in [0.29, 0.717) is 37.4 Å². The first-order valence-electron chi connectivity index (χ1n) is 6.42. The molecule has 0 aromatic carbocycles. The first kappa shape index (κ1) is 13.8. The van der Waals surface area contributed by atoms with Gasteiger partial charge in [-0.2, -0.15) is 4.98 Å². The van der Waals surface area contributed by atoms with Crippen LogP contribution >= 0.6 is 0 Å². The van der Waals surface area contributed by atoms with E-state index in [1.165, 1.54) is 0 Å². The van der Waals surface area contributed by atoms with Gasteiger partial charge in [0.15, 0.2) is 11.8 Å². The van der Waals surface area contributed by atoms with Gasteiger partial charge in [0, 0.05) is 18.5 Å². The normalized spacial score (nSPS) is 17.8. The van der Waals surface area contributed by atoms with Gasteiger partial charge < -0.3 is 19.9 Å². The van der Waals surface area contributed by atoms with Crippen molar-refractivity contribution >= 4 is 5.96 Å². The molecular formula is C12H21N5O2. The van der Waals surface area contributed by atoms with Gasteiger partial charge in [0.25, 0.3) is 0 Å². The minimum atomic E-state index is -0.148. The van der Waals surface area contributed by atoms with E-state index in [1.807, 2.05) is 25.7 Å². The Hall–Kier alpha value is -1.63. The first-order chi connectivity index (χ1) is 8.97. The predicted octanol–water partition coefficient (Wildman–Crippen LogP) is 0.514. The molecule has 2 heterocycles. The summed E-state index contributed by atoms with van der Waals surface area (Å²) in [5, 5.41) is 3.91. The molecule has 7 heteroatoms. The molecule has 0 unspecified atom stereocenters. The third-order valence-corrected chi connectivity index (χ3v) is 2.83. The van der Waals surface area contributed by atoms with Crippen LogP contribution in [0.4, 0.5) is 0 Å². The number of aromatic nitrogens is 2. The van der Waals surface area contributed by atoms with E-state index in [4.69, 9.17) is 15.0 Å². The van der Waals surface area contributed by atoms with E-state index in [-0.39, 0.29) is 5.41 Å². The number of guanidine groups is 1. The van der Waals surface area contributed by atoms with Crippen molar-refractivity contribution in [2.45, 2.75) is 32.7 Å². The topological polar surface area (TPSA) is 89.8 Å². The minimum absolute atomic E-state index is 0.148. The lowest BCUT2D eigenvalue weighted by molar-refractivity contribution is 0.0674. The molecule has 0 saturated carbocycles. The standard InChI is InChI=1S/C12H21N5O2/c1-12(2,3)10-15-9(16-19-10)8-14-11(13)17-4-6-18-7-5-17/h4-8H2,1-3H3,(H2,13,14). The molecule has 2 rings (SSSR count). The van der Waals surface area contributed by atoms with Crippen molar-refractivity contribution in [3.05, 3.63) is 11.7 Å². The van der Waals surface area contributed by atoms with Crippen molar-refractivity contribution < 1.29 is 9.26 Å². The second-order valence-corrected chi connectivity index (χ2v) is 5.54. The molecule has 0 amide bonds. The fourth-order valence-electron chi connectivity index (χ4n) is 1.67. The second-order valence-electron chi connectivity index (χ2n) is 5.54. The first-order valence-corrected chi connectivity index (χ1v) is 6.42. The Morgan fingerprint density at radius 2 is 2.05 bits per heavy atom. The molecule has 7 nitrogen and oxygen atoms in total. The molecule has 1 saturated heterocycles. The van der Waals surface area contributed by atoms with Gasteiger partial charge in [0.2, 0.25) is 5.89 Å². The van der Waals surface area contributed by atoms with Crippen molar-refractivity contribution in [1.29, 1.82) is 0 Å². The van der Waals surface area contributed by atoms with Gasteiger partial charge in [-0.1, -0.05) is 25.9 Å². The van der Waals surface area contributed by atoms with Crippen LogP contribution in [0.25, 0.3) is 0 Å². The molecule has 1 aromatic rings. The number of rotatable bonds is 2. The number of morpholine rings is 1. The number of hydrogen-bond acceptors (Lipinski definition) is 5. The predicted molar refractivity (Wildman–Crippen MR) is 70.7 cm³/mol. The average Bonchev–Trinajstić information content (AvgIpc) is 2.86. The zero-order chi connectivity index (χ0) is 13.9. The summed E-state index contributed by atoms with van der Waals surface area (Å²) in [6, 6.07) is 0. The van der Waals surface area contributed by atoms with Crippen molar-refractivity contribution in [2.24, 2.45) is 10.7 Å². The van der Waals surface area contributed by atoms with Crippen LogP contribution in [0.1, 0.15) is 32.5 Å². The van der Waals surface area contributed by atoms with E-state index in [9.17, 15) is 0 Å². The van der Waals surface area contributed by atoms with Crippen LogP contribution in [0.3, 0.4) is 0 Å². The molecule has 0 aliphatic carbocycles. The summed E-state index contributed by atoms with van der Waals surface area (Å²) in [5.41, 5.74) is 5.77. The van der Waals surface area contributed by atoms with E-state index in [1.54, 1.807) is 0 Å². The summed E-state index contributed by atoms with van der Waals surface area (Å²) >= 11 is 0. The SMILES string of the molecule is CC(C)(C)c1nc(CN=C(N)N2CCOCC2)no1. The van der Waals surface area contributed by atoms with Crippen LogP contribution in [0, 0.1) is 0 Å². The molecule has 0 spiro atoms. The van der Waals surface area contributed by atoms with Crippen molar-refractivity contribution in [1.82, 2.24) is 15.0 Å². The highest BCUT2D eigenvalue weighted by Gasteiger charge is 2.21. The van der Waals surface area contributed by atoms with Gasteiger partial charge in [-0.3, -0.25) is 0 Å². The lowest BCUT2D eigenvalue weighted by atomic mass is 9.97. The average molecular weight is 267 g/mol. The Morgan fingerprint density at radius 1 is 1.37 bits per heavy atom. The molecule has 1 aliphatic heterocycles.